The van der Waals surface area contributed by atoms with Crippen LogP contribution in [0, 0.1) is 0 Å². The Morgan fingerprint density at radius 3 is 2.75 bits per heavy atom. The minimum atomic E-state index is -4.09. The topological polar surface area (TPSA) is 133 Å². The number of amides is 1. The van der Waals surface area contributed by atoms with Crippen molar-refractivity contribution < 1.29 is 28.2 Å². The third kappa shape index (κ3) is 2.79. The minimum Gasteiger partial charge on any atom is -0.480 e. The van der Waals surface area contributed by atoms with Crippen molar-refractivity contribution in [1.29, 1.82) is 0 Å². The van der Waals surface area contributed by atoms with E-state index in [0.717, 1.165) is 0 Å². The molecule has 1 amide bonds. The van der Waals surface area contributed by atoms with E-state index in [1.807, 2.05) is 4.72 Å². The van der Waals surface area contributed by atoms with Gasteiger partial charge in [-0.05, 0) is 23.8 Å². The number of carbonyl (C=O) groups is 2. The molecule has 1 aromatic carbocycles. The van der Waals surface area contributed by atoms with E-state index in [1.54, 1.807) is 0 Å². The lowest BCUT2D eigenvalue weighted by molar-refractivity contribution is -0.139. The van der Waals surface area contributed by atoms with E-state index < -0.39 is 28.6 Å². The maximum Gasteiger partial charge on any atom is 0.324 e. The number of aliphatic carboxylic acids is 1. The number of aliphatic hydroxyl groups excluding tert-OH is 1. The van der Waals surface area contributed by atoms with Crippen LogP contribution in [0.15, 0.2) is 23.1 Å². The molecule has 9 heteroatoms. The number of hydrogen-bond donors (Lipinski definition) is 4. The SMILES string of the molecule is O=C1Cc2cc(S(=O)(=O)N[C@@H](CO)C(=O)O)ccc2N1. The highest BCUT2D eigenvalue weighted by Crippen LogP contribution is 2.25. The molecule has 2 rings (SSSR count). The second-order valence-corrected chi connectivity index (χ2v) is 5.95. The first kappa shape index (κ1) is 14.4. The van der Waals surface area contributed by atoms with Crippen molar-refractivity contribution in [2.45, 2.75) is 17.4 Å². The second kappa shape index (κ2) is 5.19. The molecular formula is C11H12N2O6S. The molecule has 1 aromatic rings. The molecule has 0 saturated heterocycles. The molecule has 1 aliphatic rings. The van der Waals surface area contributed by atoms with Gasteiger partial charge in [0, 0.05) is 5.69 Å². The Balaban J connectivity index is 2.29. The molecule has 0 bridgehead atoms. The van der Waals surface area contributed by atoms with Gasteiger partial charge < -0.3 is 15.5 Å². The average molecular weight is 300 g/mol. The highest BCUT2D eigenvalue weighted by molar-refractivity contribution is 7.89. The lowest BCUT2D eigenvalue weighted by Crippen LogP contribution is -2.43. The van der Waals surface area contributed by atoms with Crippen LogP contribution in [0.2, 0.25) is 0 Å². The molecule has 1 aliphatic heterocycles. The zero-order valence-electron chi connectivity index (χ0n) is 10.2. The molecule has 4 N–H and O–H groups in total. The third-order valence-corrected chi connectivity index (χ3v) is 4.26. The molecule has 0 unspecified atom stereocenters. The van der Waals surface area contributed by atoms with Gasteiger partial charge in [0.2, 0.25) is 15.9 Å². The van der Waals surface area contributed by atoms with Gasteiger partial charge >= 0.3 is 5.97 Å². The molecule has 0 fully saturated rings. The van der Waals surface area contributed by atoms with Crippen LogP contribution in [0.3, 0.4) is 0 Å². The summed E-state index contributed by atoms with van der Waals surface area (Å²) >= 11 is 0. The quantitative estimate of drug-likeness (QED) is 0.546. The Morgan fingerprint density at radius 2 is 2.15 bits per heavy atom. The number of rotatable bonds is 5. The first-order valence-electron chi connectivity index (χ1n) is 5.62. The van der Waals surface area contributed by atoms with Crippen molar-refractivity contribution in [1.82, 2.24) is 4.72 Å². The van der Waals surface area contributed by atoms with E-state index in [2.05, 4.69) is 5.32 Å². The largest absolute Gasteiger partial charge is 0.480 e. The maximum atomic E-state index is 12.0. The smallest absolute Gasteiger partial charge is 0.324 e. The number of nitrogens with one attached hydrogen (secondary N) is 2. The van der Waals surface area contributed by atoms with Crippen molar-refractivity contribution in [2.24, 2.45) is 0 Å². The Kier molecular flexibility index (Phi) is 3.75. The molecule has 0 radical (unpaired) electrons. The summed E-state index contributed by atoms with van der Waals surface area (Å²) in [7, 11) is -4.09. The van der Waals surface area contributed by atoms with Gasteiger partial charge in [0.15, 0.2) is 0 Å². The molecule has 0 spiro atoms. The summed E-state index contributed by atoms with van der Waals surface area (Å²) < 4.78 is 25.9. The zero-order valence-corrected chi connectivity index (χ0v) is 11.0. The number of carboxylic acid groups (broad SMARTS) is 1. The van der Waals surface area contributed by atoms with Crippen LogP contribution in [-0.4, -0.2) is 43.2 Å². The molecule has 1 atom stereocenters. The van der Waals surface area contributed by atoms with Gasteiger partial charge in [-0.25, -0.2) is 8.42 Å². The van der Waals surface area contributed by atoms with E-state index in [1.165, 1.54) is 18.2 Å². The Bertz CT molecular complexity index is 669. The number of aliphatic hydroxyl groups is 1. The summed E-state index contributed by atoms with van der Waals surface area (Å²) in [4.78, 5) is 21.8. The van der Waals surface area contributed by atoms with Gasteiger partial charge in [0.1, 0.15) is 6.04 Å². The van der Waals surface area contributed by atoms with Crippen LogP contribution < -0.4 is 10.0 Å². The van der Waals surface area contributed by atoms with E-state index in [9.17, 15) is 18.0 Å². The van der Waals surface area contributed by atoms with Gasteiger partial charge in [-0.2, -0.15) is 4.72 Å². The first-order valence-corrected chi connectivity index (χ1v) is 7.10. The van der Waals surface area contributed by atoms with Crippen molar-refractivity contribution >= 4 is 27.6 Å². The number of hydrogen-bond acceptors (Lipinski definition) is 5. The molecule has 1 heterocycles. The monoisotopic (exact) mass is 300 g/mol. The third-order valence-electron chi connectivity index (χ3n) is 2.79. The lowest BCUT2D eigenvalue weighted by Gasteiger charge is -2.12. The maximum absolute atomic E-state index is 12.0. The summed E-state index contributed by atoms with van der Waals surface area (Å²) in [6.45, 7) is -0.862. The van der Waals surface area contributed by atoms with Crippen molar-refractivity contribution in [3.63, 3.8) is 0 Å². The van der Waals surface area contributed by atoms with Crippen molar-refractivity contribution in [3.05, 3.63) is 23.8 Å². The zero-order chi connectivity index (χ0) is 14.9. The van der Waals surface area contributed by atoms with Crippen LogP contribution in [0.5, 0.6) is 0 Å². The Labute approximate surface area is 114 Å². The Hall–Kier alpha value is -1.97. The summed E-state index contributed by atoms with van der Waals surface area (Å²) in [5.74, 6) is -1.71. The number of carbonyl (C=O) groups excluding carboxylic acids is 1. The summed E-state index contributed by atoms with van der Waals surface area (Å²) in [6, 6.07) is 2.37. The Morgan fingerprint density at radius 1 is 1.45 bits per heavy atom. The highest BCUT2D eigenvalue weighted by atomic mass is 32.2. The standard InChI is InChI=1S/C11H12N2O6S/c14-5-9(11(16)17)13-20(18,19)7-1-2-8-6(3-7)4-10(15)12-8/h1-3,9,13-14H,4-5H2,(H,12,15)(H,16,17)/t9-/m0/s1. The summed E-state index contributed by atoms with van der Waals surface area (Å²) in [6.07, 6.45) is 0.0705. The fraction of sp³-hybridized carbons (Fsp3) is 0.273. The number of anilines is 1. The highest BCUT2D eigenvalue weighted by Gasteiger charge is 2.26. The van der Waals surface area contributed by atoms with Crippen LogP contribution in [0.4, 0.5) is 5.69 Å². The van der Waals surface area contributed by atoms with Crippen LogP contribution in [0.25, 0.3) is 0 Å². The molecule has 0 aliphatic carbocycles. The van der Waals surface area contributed by atoms with Crippen molar-refractivity contribution in [2.75, 3.05) is 11.9 Å². The predicted octanol–water partition coefficient (Wildman–Crippen LogP) is -1.09. The number of carboxylic acids is 1. The molecule has 8 nitrogen and oxygen atoms in total. The predicted molar refractivity (Wildman–Crippen MR) is 67.6 cm³/mol. The van der Waals surface area contributed by atoms with Gasteiger partial charge in [-0.3, -0.25) is 9.59 Å². The first-order chi connectivity index (χ1) is 9.33. The summed E-state index contributed by atoms with van der Waals surface area (Å²) in [5.41, 5.74) is 1.06. The molecule has 0 saturated carbocycles. The number of sulfonamides is 1. The van der Waals surface area contributed by atoms with Gasteiger partial charge in [0.05, 0.1) is 17.9 Å². The van der Waals surface area contributed by atoms with Crippen LogP contribution in [-0.2, 0) is 26.0 Å². The van der Waals surface area contributed by atoms with E-state index >= 15 is 0 Å². The van der Waals surface area contributed by atoms with Crippen LogP contribution >= 0.6 is 0 Å². The molecule has 20 heavy (non-hydrogen) atoms. The normalized spacial score (nSPS) is 15.6. The van der Waals surface area contributed by atoms with Gasteiger partial charge in [0.25, 0.3) is 0 Å². The van der Waals surface area contributed by atoms with Gasteiger partial charge in [-0.15, -0.1) is 0 Å². The summed E-state index contributed by atoms with van der Waals surface area (Å²) in [5, 5.41) is 20.1. The average Bonchev–Trinajstić information content (AvgIpc) is 2.74. The number of fused-ring (bicyclic) bond motifs is 1. The second-order valence-electron chi connectivity index (χ2n) is 4.24. The van der Waals surface area contributed by atoms with Crippen molar-refractivity contribution in [3.8, 4) is 0 Å². The number of benzene rings is 1. The van der Waals surface area contributed by atoms with Gasteiger partial charge in [-0.1, -0.05) is 0 Å². The van der Waals surface area contributed by atoms with E-state index in [-0.39, 0.29) is 17.2 Å². The fourth-order valence-corrected chi connectivity index (χ4v) is 3.02. The molecular weight excluding hydrogens is 288 g/mol. The minimum absolute atomic E-state index is 0.0705. The fourth-order valence-electron chi connectivity index (χ4n) is 1.79. The lowest BCUT2D eigenvalue weighted by atomic mass is 10.2. The van der Waals surface area contributed by atoms with E-state index in [0.29, 0.717) is 11.3 Å². The van der Waals surface area contributed by atoms with Crippen LogP contribution in [0.1, 0.15) is 5.56 Å². The molecule has 0 aromatic heterocycles. The molecule has 108 valence electrons. The van der Waals surface area contributed by atoms with E-state index in [4.69, 9.17) is 10.2 Å².